The number of nitrogens with zero attached hydrogens (tertiary/aromatic N) is 1. The van der Waals surface area contributed by atoms with E-state index in [4.69, 9.17) is 0 Å². The van der Waals surface area contributed by atoms with Crippen LogP contribution in [0.3, 0.4) is 0 Å². The lowest BCUT2D eigenvalue weighted by Crippen LogP contribution is -2.66. The van der Waals surface area contributed by atoms with E-state index in [-0.39, 0.29) is 11.6 Å². The van der Waals surface area contributed by atoms with Crippen LogP contribution in [0.4, 0.5) is 13.2 Å². The molecule has 20 heavy (non-hydrogen) atoms. The highest BCUT2D eigenvalue weighted by Gasteiger charge is 2.44. The fraction of sp³-hybridized carbons (Fsp3) is 1.00. The highest BCUT2D eigenvalue weighted by Crippen LogP contribution is 2.36. The summed E-state index contributed by atoms with van der Waals surface area (Å²) < 4.78 is 38.1. The maximum absolute atomic E-state index is 12.7. The van der Waals surface area contributed by atoms with Gasteiger partial charge in [-0.3, -0.25) is 4.90 Å². The van der Waals surface area contributed by atoms with Gasteiger partial charge in [0.2, 0.25) is 0 Å². The highest BCUT2D eigenvalue weighted by molar-refractivity contribution is 5.02. The van der Waals surface area contributed by atoms with Gasteiger partial charge in [0.15, 0.2) is 0 Å². The van der Waals surface area contributed by atoms with Crippen molar-refractivity contribution in [1.29, 1.82) is 0 Å². The largest absolute Gasteiger partial charge is 0.390 e. The first-order chi connectivity index (χ1) is 9.22. The van der Waals surface area contributed by atoms with Gasteiger partial charge in [-0.25, -0.2) is 0 Å². The first-order valence-electron chi connectivity index (χ1n) is 7.80. The van der Waals surface area contributed by atoms with Gasteiger partial charge in [-0.1, -0.05) is 26.7 Å². The smallest absolute Gasteiger partial charge is 0.308 e. The molecule has 2 unspecified atom stereocenters. The molecule has 1 aliphatic heterocycles. The highest BCUT2D eigenvalue weighted by atomic mass is 19.4. The van der Waals surface area contributed by atoms with Crippen molar-refractivity contribution in [2.75, 3.05) is 13.1 Å². The van der Waals surface area contributed by atoms with Crippen molar-refractivity contribution in [3.8, 4) is 0 Å². The number of rotatable bonds is 3. The van der Waals surface area contributed by atoms with Crippen molar-refractivity contribution < 1.29 is 13.2 Å². The second-order valence-corrected chi connectivity index (χ2v) is 7.02. The maximum atomic E-state index is 12.7. The summed E-state index contributed by atoms with van der Waals surface area (Å²) >= 11 is 0. The second kappa shape index (κ2) is 5.84. The molecule has 0 radical (unpaired) electrons. The van der Waals surface area contributed by atoms with Crippen LogP contribution in [-0.2, 0) is 0 Å². The van der Waals surface area contributed by atoms with Gasteiger partial charge in [0, 0.05) is 30.7 Å². The molecule has 5 heteroatoms. The number of hydrogen-bond donors (Lipinski definition) is 1. The Morgan fingerprint density at radius 2 is 1.80 bits per heavy atom. The van der Waals surface area contributed by atoms with Crippen molar-refractivity contribution in [3.63, 3.8) is 0 Å². The summed E-state index contributed by atoms with van der Waals surface area (Å²) in [6.45, 7) is 7.53. The van der Waals surface area contributed by atoms with E-state index in [1.165, 1.54) is 12.8 Å². The lowest BCUT2D eigenvalue weighted by Gasteiger charge is -2.50. The number of alkyl halides is 3. The third-order valence-corrected chi connectivity index (χ3v) is 5.02. The number of piperazine rings is 1. The van der Waals surface area contributed by atoms with Crippen LogP contribution >= 0.6 is 0 Å². The fourth-order valence-electron chi connectivity index (χ4n) is 3.90. The molecule has 2 atom stereocenters. The Hall–Kier alpha value is -0.290. The molecule has 0 bridgehead atoms. The van der Waals surface area contributed by atoms with Gasteiger partial charge in [-0.05, 0) is 25.7 Å². The molecular weight excluding hydrogens is 265 g/mol. The van der Waals surface area contributed by atoms with Crippen molar-refractivity contribution in [2.24, 2.45) is 5.92 Å². The molecule has 118 valence electrons. The van der Waals surface area contributed by atoms with Crippen LogP contribution < -0.4 is 5.32 Å². The van der Waals surface area contributed by atoms with E-state index in [0.29, 0.717) is 5.92 Å². The zero-order chi connectivity index (χ0) is 15.0. The molecule has 0 amide bonds. The molecule has 1 aliphatic carbocycles. The zero-order valence-corrected chi connectivity index (χ0v) is 12.8. The predicted octanol–water partition coefficient (Wildman–Crippen LogP) is 3.57. The third-order valence-electron chi connectivity index (χ3n) is 5.02. The Balaban J connectivity index is 2.10. The summed E-state index contributed by atoms with van der Waals surface area (Å²) in [5, 5.41) is 3.65. The zero-order valence-electron chi connectivity index (χ0n) is 12.8. The summed E-state index contributed by atoms with van der Waals surface area (Å²) in [6, 6.07) is -0.222. The summed E-state index contributed by atoms with van der Waals surface area (Å²) in [7, 11) is 0. The van der Waals surface area contributed by atoms with E-state index >= 15 is 0 Å². The first kappa shape index (κ1) is 16.1. The van der Waals surface area contributed by atoms with Crippen LogP contribution in [0.25, 0.3) is 0 Å². The maximum Gasteiger partial charge on any atom is 0.390 e. The van der Waals surface area contributed by atoms with Crippen molar-refractivity contribution in [2.45, 2.75) is 76.7 Å². The molecule has 0 aromatic carbocycles. The van der Waals surface area contributed by atoms with E-state index < -0.39 is 18.6 Å². The number of hydrogen-bond acceptors (Lipinski definition) is 2. The molecule has 0 aromatic rings. The molecule has 1 saturated heterocycles. The summed E-state index contributed by atoms with van der Waals surface area (Å²) in [4.78, 5) is 2.12. The quantitative estimate of drug-likeness (QED) is 0.855. The second-order valence-electron chi connectivity index (χ2n) is 7.02. The van der Waals surface area contributed by atoms with Crippen LogP contribution in [0.15, 0.2) is 0 Å². The molecular formula is C15H27F3N2. The minimum absolute atomic E-state index is 0.0747. The standard InChI is InChI=1S/C15H27F3N2/c1-11(2)13-9-19-14(6-4-5-7-14)10-20(13)12(3)8-15(16,17)18/h11-13,19H,4-10H2,1-3H3. The van der Waals surface area contributed by atoms with Gasteiger partial charge in [-0.2, -0.15) is 13.2 Å². The summed E-state index contributed by atoms with van der Waals surface area (Å²) in [6.07, 6.45) is -0.178. The van der Waals surface area contributed by atoms with Gasteiger partial charge in [0.25, 0.3) is 0 Å². The SMILES string of the molecule is CC(C)C1CNC2(CCCC2)CN1C(C)CC(F)(F)F. The molecule has 1 N–H and O–H groups in total. The van der Waals surface area contributed by atoms with Gasteiger partial charge in [0.1, 0.15) is 0 Å². The van der Waals surface area contributed by atoms with Crippen molar-refractivity contribution in [1.82, 2.24) is 10.2 Å². The number of halogens is 3. The average molecular weight is 292 g/mol. The molecule has 0 aromatic heterocycles. The lowest BCUT2D eigenvalue weighted by molar-refractivity contribution is -0.151. The Bertz CT molecular complexity index is 322. The van der Waals surface area contributed by atoms with Crippen molar-refractivity contribution in [3.05, 3.63) is 0 Å². The number of nitrogens with one attached hydrogen (secondary N) is 1. The van der Waals surface area contributed by atoms with E-state index in [0.717, 1.165) is 25.9 Å². The Morgan fingerprint density at radius 1 is 1.20 bits per heavy atom. The molecule has 2 fully saturated rings. The predicted molar refractivity (Wildman–Crippen MR) is 74.7 cm³/mol. The van der Waals surface area contributed by atoms with Crippen LogP contribution in [-0.4, -0.2) is 41.8 Å². The molecule has 2 nitrogen and oxygen atoms in total. The Morgan fingerprint density at radius 3 is 2.30 bits per heavy atom. The van der Waals surface area contributed by atoms with E-state index in [1.54, 1.807) is 6.92 Å². The van der Waals surface area contributed by atoms with Gasteiger partial charge >= 0.3 is 6.18 Å². The minimum atomic E-state index is -4.07. The van der Waals surface area contributed by atoms with Gasteiger partial charge in [0.05, 0.1) is 6.42 Å². The van der Waals surface area contributed by atoms with Crippen LogP contribution in [0.2, 0.25) is 0 Å². The normalized spacial score (nSPS) is 29.2. The van der Waals surface area contributed by atoms with Gasteiger partial charge in [-0.15, -0.1) is 0 Å². The van der Waals surface area contributed by atoms with E-state index in [1.807, 2.05) is 0 Å². The first-order valence-corrected chi connectivity index (χ1v) is 7.80. The van der Waals surface area contributed by atoms with E-state index in [2.05, 4.69) is 24.1 Å². The third kappa shape index (κ3) is 3.67. The van der Waals surface area contributed by atoms with Crippen LogP contribution in [0, 0.1) is 5.92 Å². The topological polar surface area (TPSA) is 15.3 Å². The van der Waals surface area contributed by atoms with Crippen LogP contribution in [0.5, 0.6) is 0 Å². The van der Waals surface area contributed by atoms with Crippen molar-refractivity contribution >= 4 is 0 Å². The fourth-order valence-corrected chi connectivity index (χ4v) is 3.90. The molecule has 2 aliphatic rings. The molecule has 1 heterocycles. The van der Waals surface area contributed by atoms with Gasteiger partial charge < -0.3 is 5.32 Å². The summed E-state index contributed by atoms with van der Waals surface area (Å²) in [5.74, 6) is 0.372. The lowest BCUT2D eigenvalue weighted by atomic mass is 9.87. The Labute approximate surface area is 120 Å². The molecule has 1 saturated carbocycles. The minimum Gasteiger partial charge on any atom is -0.308 e. The molecule has 2 rings (SSSR count). The van der Waals surface area contributed by atoms with Crippen LogP contribution in [0.1, 0.15) is 52.9 Å². The average Bonchev–Trinajstić information content (AvgIpc) is 2.74. The van der Waals surface area contributed by atoms with E-state index in [9.17, 15) is 13.2 Å². The Kier molecular flexibility index (Phi) is 4.69. The summed E-state index contributed by atoms with van der Waals surface area (Å²) in [5.41, 5.74) is 0.0747. The molecule has 1 spiro atoms. The monoisotopic (exact) mass is 292 g/mol.